The summed E-state index contributed by atoms with van der Waals surface area (Å²) in [6, 6.07) is 57.2. The molecule has 2 heteroatoms. The van der Waals surface area contributed by atoms with Crippen LogP contribution >= 0.6 is 0 Å². The van der Waals surface area contributed by atoms with E-state index in [-0.39, 0.29) is 41.6 Å². The van der Waals surface area contributed by atoms with Gasteiger partial charge in [-0.05, 0) is 116 Å². The standard InChI is InChI=1S/C53H34N2/c1-3-17-36(18-4-1)54(38-30-32-51-45(33-38)43-23-9-12-28-50(43)55(51)37-19-5-2-6-20-37)39-29-31-42-40-21-7-10-25-46(40)53(49(42)34-39)47-26-11-8-22-41(47)44-24-13-15-35-16-14-27-48(53)52(35)44/h1-34H/i13D,14D,15D,16D,24D,27D. The highest BCUT2D eigenvalue weighted by Gasteiger charge is 2.50. The first-order chi connectivity index (χ1) is 29.8. The maximum absolute atomic E-state index is 9.78. The zero-order chi connectivity index (χ0) is 41.3. The highest BCUT2D eigenvalue weighted by atomic mass is 15.1. The highest BCUT2D eigenvalue weighted by Crippen LogP contribution is 2.62. The molecule has 10 aromatic rings. The maximum atomic E-state index is 9.78. The average molecular weight is 705 g/mol. The van der Waals surface area contributed by atoms with Gasteiger partial charge in [-0.25, -0.2) is 0 Å². The Morgan fingerprint density at radius 1 is 0.418 bits per heavy atom. The van der Waals surface area contributed by atoms with Gasteiger partial charge in [0, 0.05) is 33.5 Å². The highest BCUT2D eigenvalue weighted by molar-refractivity contribution is 6.11. The van der Waals surface area contributed by atoms with E-state index in [2.05, 4.69) is 119 Å². The van der Waals surface area contributed by atoms with Crippen LogP contribution in [0.3, 0.4) is 0 Å². The second kappa shape index (κ2) is 11.4. The van der Waals surface area contributed by atoms with E-state index in [4.69, 9.17) is 4.11 Å². The van der Waals surface area contributed by atoms with E-state index in [1.165, 1.54) is 0 Å². The summed E-state index contributed by atoms with van der Waals surface area (Å²) >= 11 is 0. The molecule has 1 unspecified atom stereocenters. The van der Waals surface area contributed by atoms with Crippen molar-refractivity contribution in [1.82, 2.24) is 4.57 Å². The summed E-state index contributed by atoms with van der Waals surface area (Å²) in [6.07, 6.45) is 0. The second-order valence-electron chi connectivity index (χ2n) is 14.4. The molecule has 0 radical (unpaired) electrons. The lowest BCUT2D eigenvalue weighted by Crippen LogP contribution is -2.32. The van der Waals surface area contributed by atoms with E-state index in [9.17, 15) is 4.11 Å². The third-order valence-corrected chi connectivity index (χ3v) is 11.7. The molecule has 0 saturated carbocycles. The molecule has 0 N–H and O–H groups in total. The minimum Gasteiger partial charge on any atom is -0.310 e. The number of rotatable bonds is 4. The average Bonchev–Trinajstić information content (AvgIpc) is 3.78. The van der Waals surface area contributed by atoms with Crippen LogP contribution in [0.1, 0.15) is 30.5 Å². The van der Waals surface area contributed by atoms with Crippen LogP contribution in [0.4, 0.5) is 17.1 Å². The fraction of sp³-hybridized carbons (Fsp3) is 0.0189. The van der Waals surface area contributed by atoms with Crippen molar-refractivity contribution < 1.29 is 8.22 Å². The molecular formula is C53H34N2. The molecule has 2 aliphatic carbocycles. The van der Waals surface area contributed by atoms with E-state index < -0.39 is 5.41 Å². The van der Waals surface area contributed by atoms with Gasteiger partial charge in [-0.3, -0.25) is 0 Å². The van der Waals surface area contributed by atoms with Gasteiger partial charge in [-0.15, -0.1) is 0 Å². The lowest BCUT2D eigenvalue weighted by Gasteiger charge is -2.40. The van der Waals surface area contributed by atoms with Crippen LogP contribution in [-0.2, 0) is 5.41 Å². The first-order valence-electron chi connectivity index (χ1n) is 21.6. The van der Waals surface area contributed by atoms with Gasteiger partial charge in [0.2, 0.25) is 0 Å². The normalized spacial score (nSPS) is 16.5. The van der Waals surface area contributed by atoms with Crippen molar-refractivity contribution in [2.75, 3.05) is 4.90 Å². The zero-order valence-corrected chi connectivity index (χ0v) is 29.6. The van der Waals surface area contributed by atoms with E-state index in [0.29, 0.717) is 16.5 Å². The molecule has 1 aromatic heterocycles. The molecule has 9 aromatic carbocycles. The number of hydrogen-bond acceptors (Lipinski definition) is 1. The Morgan fingerprint density at radius 2 is 1.02 bits per heavy atom. The summed E-state index contributed by atoms with van der Waals surface area (Å²) in [4.78, 5) is 2.27. The smallest absolute Gasteiger partial charge is 0.0726 e. The van der Waals surface area contributed by atoms with Crippen LogP contribution in [0.5, 0.6) is 0 Å². The first-order valence-corrected chi connectivity index (χ1v) is 18.6. The zero-order valence-electron chi connectivity index (χ0n) is 35.6. The monoisotopic (exact) mass is 704 g/mol. The van der Waals surface area contributed by atoms with Gasteiger partial charge in [0.15, 0.2) is 0 Å². The minimum absolute atomic E-state index is 0.113. The number of hydrogen-bond donors (Lipinski definition) is 0. The van der Waals surface area contributed by atoms with Crippen molar-refractivity contribution in [1.29, 1.82) is 0 Å². The summed E-state index contributed by atoms with van der Waals surface area (Å²) in [6.45, 7) is 0. The Kier molecular flexibility index (Phi) is 5.18. The van der Waals surface area contributed by atoms with Crippen LogP contribution in [0, 0.1) is 0 Å². The largest absolute Gasteiger partial charge is 0.310 e. The van der Waals surface area contributed by atoms with E-state index in [1.807, 2.05) is 60.7 Å². The first kappa shape index (κ1) is 25.0. The van der Waals surface area contributed by atoms with Crippen LogP contribution in [-0.4, -0.2) is 4.57 Å². The predicted molar refractivity (Wildman–Crippen MR) is 229 cm³/mol. The minimum atomic E-state index is -1.15. The van der Waals surface area contributed by atoms with Gasteiger partial charge >= 0.3 is 0 Å². The second-order valence-corrected chi connectivity index (χ2v) is 14.4. The molecular weight excluding hydrogens is 665 g/mol. The lowest BCUT2D eigenvalue weighted by atomic mass is 9.61. The number of para-hydroxylation sites is 3. The molecule has 0 bridgehead atoms. The molecule has 256 valence electrons. The van der Waals surface area contributed by atoms with Crippen molar-refractivity contribution in [2.24, 2.45) is 0 Å². The number of fused-ring (bicyclic) bond motifs is 12. The summed E-state index contributed by atoms with van der Waals surface area (Å²) in [5.41, 5.74) is 11.3. The van der Waals surface area contributed by atoms with Crippen LogP contribution in [0.25, 0.3) is 60.5 Å². The molecule has 0 aliphatic heterocycles. The fourth-order valence-corrected chi connectivity index (χ4v) is 9.56. The van der Waals surface area contributed by atoms with E-state index in [1.54, 1.807) is 0 Å². The molecule has 0 amide bonds. The Bertz CT molecular complexity index is 3500. The van der Waals surface area contributed by atoms with Gasteiger partial charge in [-0.2, -0.15) is 0 Å². The number of benzene rings is 9. The summed E-state index contributed by atoms with van der Waals surface area (Å²) < 4.78 is 57.7. The molecule has 1 atom stereocenters. The predicted octanol–water partition coefficient (Wildman–Crippen LogP) is 13.8. The van der Waals surface area contributed by atoms with Gasteiger partial charge in [0.1, 0.15) is 0 Å². The van der Waals surface area contributed by atoms with E-state index >= 15 is 0 Å². The molecule has 2 aliphatic rings. The molecule has 0 fully saturated rings. The van der Waals surface area contributed by atoms with Crippen LogP contribution in [0.15, 0.2) is 206 Å². The van der Waals surface area contributed by atoms with Gasteiger partial charge in [0.05, 0.1) is 24.7 Å². The molecule has 55 heavy (non-hydrogen) atoms. The maximum Gasteiger partial charge on any atom is 0.0726 e. The molecule has 2 nitrogen and oxygen atoms in total. The van der Waals surface area contributed by atoms with Crippen LogP contribution in [0.2, 0.25) is 0 Å². The Hall–Kier alpha value is -7.16. The number of nitrogens with zero attached hydrogens (tertiary/aromatic N) is 2. The Morgan fingerprint density at radius 3 is 1.82 bits per heavy atom. The van der Waals surface area contributed by atoms with Crippen molar-refractivity contribution in [2.45, 2.75) is 5.41 Å². The van der Waals surface area contributed by atoms with Gasteiger partial charge in [0.25, 0.3) is 0 Å². The molecule has 1 spiro atoms. The van der Waals surface area contributed by atoms with Crippen molar-refractivity contribution in [3.8, 4) is 27.9 Å². The topological polar surface area (TPSA) is 8.17 Å². The summed E-state index contributed by atoms with van der Waals surface area (Å²) in [7, 11) is 0. The van der Waals surface area contributed by atoms with Gasteiger partial charge in [-0.1, -0.05) is 145 Å². The number of aromatic nitrogens is 1. The number of anilines is 3. The molecule has 1 heterocycles. The van der Waals surface area contributed by atoms with Crippen molar-refractivity contribution >= 4 is 49.6 Å². The van der Waals surface area contributed by atoms with Gasteiger partial charge < -0.3 is 9.47 Å². The SMILES string of the molecule is [2H]c1c([2H])c2c3c(c([2H])c([2H])c([2H])c3c1[2H])C1(c3ccccc3-c3ccc(N(c4ccccc4)c4ccc5c(c4)c4ccccc4n5-c4ccccc4)cc31)c1ccccc1-2. The van der Waals surface area contributed by atoms with Crippen molar-refractivity contribution in [3.05, 3.63) is 228 Å². The van der Waals surface area contributed by atoms with Crippen LogP contribution < -0.4 is 4.90 Å². The fourth-order valence-electron chi connectivity index (χ4n) is 9.56. The molecule has 0 saturated heterocycles. The Balaban J connectivity index is 1.18. The third kappa shape index (κ3) is 4.08. The van der Waals surface area contributed by atoms with E-state index in [0.717, 1.165) is 77.9 Å². The summed E-state index contributed by atoms with van der Waals surface area (Å²) in [5.74, 6) is 0. The molecule has 12 rings (SSSR count). The quantitative estimate of drug-likeness (QED) is 0.177. The third-order valence-electron chi connectivity index (χ3n) is 11.7. The summed E-state index contributed by atoms with van der Waals surface area (Å²) in [5, 5.41) is 2.83. The van der Waals surface area contributed by atoms with Crippen molar-refractivity contribution in [3.63, 3.8) is 0 Å². The Labute approximate surface area is 328 Å². The lowest BCUT2D eigenvalue weighted by molar-refractivity contribution is 0.773.